The predicted molar refractivity (Wildman–Crippen MR) is 71.3 cm³/mol. The highest BCUT2D eigenvalue weighted by atomic mass is 79.9. The molecule has 1 aromatic rings. The highest BCUT2D eigenvalue weighted by molar-refractivity contribution is 9.10. The zero-order valence-corrected chi connectivity index (χ0v) is 12.3. The van der Waals surface area contributed by atoms with Crippen molar-refractivity contribution in [2.75, 3.05) is 12.4 Å². The van der Waals surface area contributed by atoms with Crippen molar-refractivity contribution >= 4 is 27.7 Å². The number of methoxy groups -OCH3 is 1. The average Bonchev–Trinajstić information content (AvgIpc) is 2.20. The van der Waals surface area contributed by atoms with Gasteiger partial charge < -0.3 is 10.1 Å². The van der Waals surface area contributed by atoms with Gasteiger partial charge in [-0.05, 0) is 28.9 Å². The summed E-state index contributed by atoms with van der Waals surface area (Å²) in [6.45, 7) is 7.44. The molecule has 0 aliphatic heterocycles. The molecule has 0 aliphatic rings. The first-order valence-corrected chi connectivity index (χ1v) is 6.07. The number of aromatic nitrogens is 1. The quantitative estimate of drug-likeness (QED) is 0.913. The van der Waals surface area contributed by atoms with Gasteiger partial charge in [0.15, 0.2) is 5.82 Å². The van der Waals surface area contributed by atoms with E-state index >= 15 is 0 Å². The normalized spacial score (nSPS) is 11.2. The lowest BCUT2D eigenvalue weighted by atomic mass is 9.96. The molecule has 1 rings (SSSR count). The van der Waals surface area contributed by atoms with Crippen LogP contribution >= 0.6 is 15.9 Å². The van der Waals surface area contributed by atoms with Gasteiger partial charge in [0.05, 0.1) is 11.6 Å². The van der Waals surface area contributed by atoms with Gasteiger partial charge in [-0.15, -0.1) is 0 Å². The van der Waals surface area contributed by atoms with Crippen LogP contribution in [0, 0.1) is 12.3 Å². The number of carbonyl (C=O) groups is 1. The van der Waals surface area contributed by atoms with Gasteiger partial charge in [-0.1, -0.05) is 20.8 Å². The standard InChI is InChI=1S/C12H17BrN2O2/c1-7-6-8(13)9(14-10(7)17-5)15-11(16)12(2,3)4/h6H,1-5H3,(H,14,15,16). The third-order valence-electron chi connectivity index (χ3n) is 2.23. The van der Waals surface area contributed by atoms with Crippen LogP contribution in [0.4, 0.5) is 5.82 Å². The number of nitrogens with one attached hydrogen (secondary N) is 1. The van der Waals surface area contributed by atoms with E-state index < -0.39 is 5.41 Å². The monoisotopic (exact) mass is 300 g/mol. The van der Waals surface area contributed by atoms with Gasteiger partial charge in [0.2, 0.25) is 11.8 Å². The summed E-state index contributed by atoms with van der Waals surface area (Å²) >= 11 is 3.37. The molecule has 17 heavy (non-hydrogen) atoms. The molecule has 0 bridgehead atoms. The molecule has 4 nitrogen and oxygen atoms in total. The first kappa shape index (κ1) is 14.0. The highest BCUT2D eigenvalue weighted by Gasteiger charge is 2.22. The van der Waals surface area contributed by atoms with Crippen LogP contribution in [0.5, 0.6) is 5.88 Å². The Kier molecular flexibility index (Phi) is 4.14. The molecule has 1 amide bonds. The minimum Gasteiger partial charge on any atom is -0.481 e. The van der Waals surface area contributed by atoms with E-state index in [0.717, 1.165) is 10.0 Å². The van der Waals surface area contributed by atoms with E-state index in [0.29, 0.717) is 11.7 Å². The number of rotatable bonds is 2. The number of halogens is 1. The molecule has 5 heteroatoms. The first-order valence-electron chi connectivity index (χ1n) is 5.28. The van der Waals surface area contributed by atoms with E-state index in [1.54, 1.807) is 7.11 Å². The topological polar surface area (TPSA) is 51.2 Å². The number of ether oxygens (including phenoxy) is 1. The fraction of sp³-hybridized carbons (Fsp3) is 0.500. The molecule has 0 aliphatic carbocycles. The Morgan fingerprint density at radius 3 is 2.53 bits per heavy atom. The van der Waals surface area contributed by atoms with Crippen LogP contribution in [0.3, 0.4) is 0 Å². The summed E-state index contributed by atoms with van der Waals surface area (Å²) in [4.78, 5) is 16.1. The van der Waals surface area contributed by atoms with E-state index in [1.807, 2.05) is 33.8 Å². The molecule has 0 spiro atoms. The molecule has 0 radical (unpaired) electrons. The Labute approximate surface area is 110 Å². The number of carbonyl (C=O) groups excluding carboxylic acids is 1. The molecule has 0 aromatic carbocycles. The summed E-state index contributed by atoms with van der Waals surface area (Å²) < 4.78 is 5.87. The lowest BCUT2D eigenvalue weighted by Crippen LogP contribution is -2.28. The van der Waals surface area contributed by atoms with Crippen molar-refractivity contribution in [3.63, 3.8) is 0 Å². The molecule has 94 valence electrons. The van der Waals surface area contributed by atoms with E-state index in [-0.39, 0.29) is 5.91 Å². The predicted octanol–water partition coefficient (Wildman–Crippen LogP) is 3.15. The molecule has 0 fully saturated rings. The Bertz CT molecular complexity index is 439. The maximum atomic E-state index is 11.9. The summed E-state index contributed by atoms with van der Waals surface area (Å²) in [5.41, 5.74) is 0.451. The van der Waals surface area contributed by atoms with Crippen LogP contribution in [0.15, 0.2) is 10.5 Å². The lowest BCUT2D eigenvalue weighted by molar-refractivity contribution is -0.123. The second-order valence-electron chi connectivity index (χ2n) is 4.85. The van der Waals surface area contributed by atoms with Crippen molar-refractivity contribution in [2.45, 2.75) is 27.7 Å². The van der Waals surface area contributed by atoms with Gasteiger partial charge >= 0.3 is 0 Å². The summed E-state index contributed by atoms with van der Waals surface area (Å²) in [5, 5.41) is 2.78. The van der Waals surface area contributed by atoms with Crippen LogP contribution < -0.4 is 10.1 Å². The molecule has 1 heterocycles. The Hall–Kier alpha value is -1.10. The lowest BCUT2D eigenvalue weighted by Gasteiger charge is -2.18. The number of nitrogens with zero attached hydrogens (tertiary/aromatic N) is 1. The van der Waals surface area contributed by atoms with Crippen molar-refractivity contribution in [1.82, 2.24) is 4.98 Å². The molecule has 0 saturated carbocycles. The van der Waals surface area contributed by atoms with Crippen LogP contribution in [0.25, 0.3) is 0 Å². The Balaban J connectivity index is 3.03. The third kappa shape index (κ3) is 3.43. The zero-order chi connectivity index (χ0) is 13.2. The summed E-state index contributed by atoms with van der Waals surface area (Å²) in [7, 11) is 1.55. The maximum Gasteiger partial charge on any atom is 0.230 e. The number of aryl methyl sites for hydroxylation is 1. The van der Waals surface area contributed by atoms with E-state index in [2.05, 4.69) is 26.2 Å². The van der Waals surface area contributed by atoms with E-state index in [9.17, 15) is 4.79 Å². The van der Waals surface area contributed by atoms with Gasteiger partial charge in [-0.3, -0.25) is 4.79 Å². The fourth-order valence-electron chi connectivity index (χ4n) is 1.15. The van der Waals surface area contributed by atoms with Gasteiger partial charge in [-0.25, -0.2) is 0 Å². The molecule has 1 aromatic heterocycles. The number of hydrogen-bond donors (Lipinski definition) is 1. The van der Waals surface area contributed by atoms with Crippen LogP contribution in [0.1, 0.15) is 26.3 Å². The smallest absolute Gasteiger partial charge is 0.230 e. The van der Waals surface area contributed by atoms with Gasteiger partial charge in [0.1, 0.15) is 0 Å². The molecule has 1 N–H and O–H groups in total. The van der Waals surface area contributed by atoms with Crippen molar-refractivity contribution < 1.29 is 9.53 Å². The second-order valence-corrected chi connectivity index (χ2v) is 5.70. The van der Waals surface area contributed by atoms with Crippen molar-refractivity contribution in [1.29, 1.82) is 0 Å². The zero-order valence-electron chi connectivity index (χ0n) is 10.7. The number of hydrogen-bond acceptors (Lipinski definition) is 3. The number of pyridine rings is 1. The highest BCUT2D eigenvalue weighted by Crippen LogP contribution is 2.28. The molecule has 0 unspecified atom stereocenters. The van der Waals surface area contributed by atoms with E-state index in [1.165, 1.54) is 0 Å². The molecule has 0 saturated heterocycles. The van der Waals surface area contributed by atoms with Crippen molar-refractivity contribution in [2.24, 2.45) is 5.41 Å². The second kappa shape index (κ2) is 5.04. The Morgan fingerprint density at radius 2 is 2.06 bits per heavy atom. The van der Waals surface area contributed by atoms with E-state index in [4.69, 9.17) is 4.74 Å². The largest absolute Gasteiger partial charge is 0.481 e. The summed E-state index contributed by atoms with van der Waals surface area (Å²) in [6.07, 6.45) is 0. The fourth-order valence-corrected chi connectivity index (χ4v) is 1.68. The first-order chi connectivity index (χ1) is 7.75. The SMILES string of the molecule is COc1nc(NC(=O)C(C)(C)C)c(Br)cc1C. The van der Waals surface area contributed by atoms with Gasteiger partial charge in [-0.2, -0.15) is 4.98 Å². The van der Waals surface area contributed by atoms with Crippen LogP contribution in [-0.4, -0.2) is 18.0 Å². The average molecular weight is 301 g/mol. The minimum absolute atomic E-state index is 0.0865. The van der Waals surface area contributed by atoms with Crippen LogP contribution in [-0.2, 0) is 4.79 Å². The van der Waals surface area contributed by atoms with Crippen molar-refractivity contribution in [3.8, 4) is 5.88 Å². The number of amides is 1. The maximum absolute atomic E-state index is 11.9. The third-order valence-corrected chi connectivity index (χ3v) is 2.83. The van der Waals surface area contributed by atoms with Crippen molar-refractivity contribution in [3.05, 3.63) is 16.1 Å². The number of anilines is 1. The molecular weight excluding hydrogens is 284 g/mol. The van der Waals surface area contributed by atoms with Crippen LogP contribution in [0.2, 0.25) is 0 Å². The van der Waals surface area contributed by atoms with Gasteiger partial charge in [0.25, 0.3) is 0 Å². The summed E-state index contributed by atoms with van der Waals surface area (Å²) in [6, 6.07) is 1.87. The van der Waals surface area contributed by atoms with Gasteiger partial charge in [0, 0.05) is 11.0 Å². The minimum atomic E-state index is -0.459. The Morgan fingerprint density at radius 1 is 1.47 bits per heavy atom. The molecular formula is C12H17BrN2O2. The summed E-state index contributed by atoms with van der Waals surface area (Å²) in [5.74, 6) is 0.904. The molecule has 0 atom stereocenters.